The Bertz CT molecular complexity index is 1200. The highest BCUT2D eigenvalue weighted by Gasteiger charge is 2.40. The fourth-order valence-corrected chi connectivity index (χ4v) is 8.59. The van der Waals surface area contributed by atoms with E-state index in [4.69, 9.17) is 0 Å². The summed E-state index contributed by atoms with van der Waals surface area (Å²) in [5.41, 5.74) is 1.30. The van der Waals surface area contributed by atoms with E-state index in [0.29, 0.717) is 16.3 Å². The quantitative estimate of drug-likeness (QED) is 0.463. The minimum atomic E-state index is -3.85. The molecule has 1 atom stereocenters. The van der Waals surface area contributed by atoms with Crippen LogP contribution in [0.4, 0.5) is 5.69 Å². The van der Waals surface area contributed by atoms with E-state index in [9.17, 15) is 13.0 Å². The molecule has 0 aliphatic heterocycles. The van der Waals surface area contributed by atoms with Crippen LogP contribution in [0, 0.1) is 6.92 Å². The molecular formula is C25H31N2O3PS. The zero-order chi connectivity index (χ0) is 23.5. The van der Waals surface area contributed by atoms with Crippen molar-refractivity contribution in [2.75, 3.05) is 4.72 Å². The second-order valence-electron chi connectivity index (χ2n) is 8.41. The summed E-state index contributed by atoms with van der Waals surface area (Å²) < 4.78 is 46.0. The van der Waals surface area contributed by atoms with Crippen molar-refractivity contribution < 1.29 is 13.0 Å². The summed E-state index contributed by atoms with van der Waals surface area (Å²) in [5, 5.41) is 1.15. The molecule has 0 fully saturated rings. The lowest BCUT2D eigenvalue weighted by atomic mass is 10.2. The van der Waals surface area contributed by atoms with Crippen LogP contribution in [-0.4, -0.2) is 25.2 Å². The number of aryl methyl sites for hydroxylation is 1. The first-order valence-corrected chi connectivity index (χ1v) is 13.8. The van der Waals surface area contributed by atoms with Gasteiger partial charge in [0.2, 0.25) is 7.29 Å². The molecule has 0 heterocycles. The van der Waals surface area contributed by atoms with Crippen molar-refractivity contribution in [2.24, 2.45) is 0 Å². The molecule has 0 aromatic heterocycles. The SMILES string of the molecule is Cc1ccc(S(=O)(=O)Nc2ccccc2[P@](=O)(c2ccccc2)N(C(C)C)C(C)C)cc1. The molecule has 0 saturated heterocycles. The second kappa shape index (κ2) is 9.62. The number of nitrogens with one attached hydrogen (secondary N) is 1. The Morgan fingerprint density at radius 2 is 1.31 bits per heavy atom. The molecule has 3 aromatic carbocycles. The van der Waals surface area contributed by atoms with Gasteiger partial charge in [-0.2, -0.15) is 0 Å². The van der Waals surface area contributed by atoms with E-state index in [1.165, 1.54) is 0 Å². The van der Waals surface area contributed by atoms with Crippen LogP contribution in [0.5, 0.6) is 0 Å². The first-order chi connectivity index (χ1) is 15.1. The largest absolute Gasteiger partial charge is 0.296 e. The molecule has 0 aliphatic carbocycles. The van der Waals surface area contributed by atoms with Crippen molar-refractivity contribution in [3.05, 3.63) is 84.4 Å². The Hall–Kier alpha value is -2.40. The van der Waals surface area contributed by atoms with Gasteiger partial charge in [-0.1, -0.05) is 48.0 Å². The average Bonchev–Trinajstić information content (AvgIpc) is 2.74. The van der Waals surface area contributed by atoms with Crippen LogP contribution in [0.15, 0.2) is 83.8 Å². The molecule has 0 saturated carbocycles. The van der Waals surface area contributed by atoms with Gasteiger partial charge in [-0.05, 0) is 71.0 Å². The summed E-state index contributed by atoms with van der Waals surface area (Å²) in [6, 6.07) is 22.9. The lowest BCUT2D eigenvalue weighted by Gasteiger charge is -2.39. The van der Waals surface area contributed by atoms with Gasteiger partial charge in [0.05, 0.1) is 15.9 Å². The van der Waals surface area contributed by atoms with Crippen molar-refractivity contribution in [1.29, 1.82) is 0 Å². The van der Waals surface area contributed by atoms with Crippen LogP contribution in [0.2, 0.25) is 0 Å². The van der Waals surface area contributed by atoms with Crippen molar-refractivity contribution in [1.82, 2.24) is 4.67 Å². The Morgan fingerprint density at radius 1 is 0.781 bits per heavy atom. The number of rotatable bonds is 8. The van der Waals surface area contributed by atoms with Crippen molar-refractivity contribution in [3.8, 4) is 0 Å². The van der Waals surface area contributed by atoms with Crippen LogP contribution in [0.3, 0.4) is 0 Å². The third-order valence-corrected chi connectivity index (χ3v) is 10.3. The van der Waals surface area contributed by atoms with Crippen LogP contribution in [0.25, 0.3) is 0 Å². The number of benzene rings is 3. The standard InChI is InChI=1S/C25H31N2O3PS/c1-19(2)27(20(3)4)31(28,22-11-7-6-8-12-22)25-14-10-9-13-24(25)26-32(29,30)23-17-15-21(5)16-18-23/h6-20,26H,1-5H3/t31-/m1/s1. The number of nitrogens with zero attached hydrogens (tertiary/aromatic N) is 1. The molecule has 32 heavy (non-hydrogen) atoms. The molecule has 0 aliphatic rings. The average molecular weight is 471 g/mol. The van der Waals surface area contributed by atoms with E-state index in [1.54, 1.807) is 48.5 Å². The monoisotopic (exact) mass is 470 g/mol. The molecule has 0 radical (unpaired) electrons. The summed E-state index contributed by atoms with van der Waals surface area (Å²) in [6.07, 6.45) is 0. The molecule has 7 heteroatoms. The Balaban J connectivity index is 2.20. The van der Waals surface area contributed by atoms with Crippen molar-refractivity contribution in [2.45, 2.75) is 51.6 Å². The summed E-state index contributed by atoms with van der Waals surface area (Å²) in [5.74, 6) is 0. The van der Waals surface area contributed by atoms with E-state index < -0.39 is 17.3 Å². The van der Waals surface area contributed by atoms with Gasteiger partial charge >= 0.3 is 0 Å². The molecule has 5 nitrogen and oxygen atoms in total. The molecule has 0 amide bonds. The number of sulfonamides is 1. The van der Waals surface area contributed by atoms with Crippen molar-refractivity contribution in [3.63, 3.8) is 0 Å². The predicted octanol–water partition coefficient (Wildman–Crippen LogP) is 5.14. The number of hydrogen-bond donors (Lipinski definition) is 1. The molecule has 3 aromatic rings. The maximum atomic E-state index is 15.0. The minimum Gasteiger partial charge on any atom is -0.296 e. The summed E-state index contributed by atoms with van der Waals surface area (Å²) in [6.45, 7) is 9.94. The highest BCUT2D eigenvalue weighted by Crippen LogP contribution is 2.51. The Labute approximate surface area is 192 Å². The Morgan fingerprint density at radius 3 is 1.88 bits per heavy atom. The normalized spacial score (nSPS) is 14.0. The van der Waals surface area contributed by atoms with Gasteiger partial charge in [0.15, 0.2) is 0 Å². The molecule has 0 unspecified atom stereocenters. The van der Waals surface area contributed by atoms with Gasteiger partial charge in [0.1, 0.15) is 0 Å². The first kappa shape index (κ1) is 24.2. The maximum absolute atomic E-state index is 15.0. The smallest absolute Gasteiger partial charge is 0.261 e. The van der Waals surface area contributed by atoms with E-state index in [-0.39, 0.29) is 17.0 Å². The minimum absolute atomic E-state index is 0.0252. The highest BCUT2D eigenvalue weighted by atomic mass is 32.2. The zero-order valence-corrected chi connectivity index (χ0v) is 20.9. The molecular weight excluding hydrogens is 439 g/mol. The van der Waals surface area contributed by atoms with E-state index in [0.717, 1.165) is 5.56 Å². The van der Waals surface area contributed by atoms with Crippen LogP contribution < -0.4 is 15.3 Å². The number of anilines is 1. The van der Waals surface area contributed by atoms with E-state index in [2.05, 4.69) is 4.72 Å². The van der Waals surface area contributed by atoms with Crippen LogP contribution in [-0.2, 0) is 14.6 Å². The lowest BCUT2D eigenvalue weighted by Crippen LogP contribution is -2.41. The predicted molar refractivity (Wildman–Crippen MR) is 134 cm³/mol. The maximum Gasteiger partial charge on any atom is 0.261 e. The van der Waals surface area contributed by atoms with Crippen molar-refractivity contribution >= 4 is 33.6 Å². The summed E-state index contributed by atoms with van der Waals surface area (Å²) in [4.78, 5) is 0.164. The fourth-order valence-electron chi connectivity index (χ4n) is 4.02. The molecule has 3 rings (SSSR count). The van der Waals surface area contributed by atoms with E-state index in [1.807, 2.05) is 69.6 Å². The van der Waals surface area contributed by atoms with Gasteiger partial charge in [-0.15, -0.1) is 0 Å². The lowest BCUT2D eigenvalue weighted by molar-refractivity contribution is 0.307. The topological polar surface area (TPSA) is 66.5 Å². The van der Waals surface area contributed by atoms with Gasteiger partial charge in [-0.25, -0.2) is 13.1 Å². The van der Waals surface area contributed by atoms with E-state index >= 15 is 0 Å². The number of para-hydroxylation sites is 1. The first-order valence-electron chi connectivity index (χ1n) is 10.7. The summed E-state index contributed by atoms with van der Waals surface area (Å²) >= 11 is 0. The molecule has 170 valence electrons. The third-order valence-electron chi connectivity index (χ3n) is 5.30. The Kier molecular flexibility index (Phi) is 7.29. The molecule has 0 bridgehead atoms. The van der Waals surface area contributed by atoms with Gasteiger partial charge < -0.3 is 0 Å². The van der Waals surface area contributed by atoms with Gasteiger partial charge in [0.25, 0.3) is 10.0 Å². The molecule has 1 N–H and O–H groups in total. The van der Waals surface area contributed by atoms with Gasteiger partial charge in [0, 0.05) is 17.4 Å². The number of hydrogen-bond acceptors (Lipinski definition) is 3. The zero-order valence-electron chi connectivity index (χ0n) is 19.2. The fraction of sp³-hybridized carbons (Fsp3) is 0.280. The van der Waals surface area contributed by atoms with Crippen LogP contribution >= 0.6 is 7.29 Å². The second-order valence-corrected chi connectivity index (χ2v) is 12.7. The molecule has 0 spiro atoms. The third kappa shape index (κ3) is 4.83. The van der Waals surface area contributed by atoms with Gasteiger partial charge in [-0.3, -0.25) is 9.29 Å². The van der Waals surface area contributed by atoms with Crippen LogP contribution in [0.1, 0.15) is 33.3 Å². The summed E-state index contributed by atoms with van der Waals surface area (Å²) in [7, 11) is -7.21. The highest BCUT2D eigenvalue weighted by molar-refractivity contribution is 7.92.